The number of carbonyl (C=O) groups is 2. The van der Waals surface area contributed by atoms with Gasteiger partial charge in [-0.05, 0) is 65.0 Å². The third-order valence-corrected chi connectivity index (χ3v) is 5.55. The van der Waals surface area contributed by atoms with Crippen LogP contribution in [-0.4, -0.2) is 36.2 Å². The number of hydrogen-bond donors (Lipinski definition) is 2. The molecular weight excluding hydrogens is 517 g/mol. The minimum atomic E-state index is -0.985. The first-order valence-electron chi connectivity index (χ1n) is 11.9. The zero-order chi connectivity index (χ0) is 28.0. The number of amides is 2. The number of ether oxygens (including phenoxy) is 3. The van der Waals surface area contributed by atoms with Gasteiger partial charge in [0.05, 0.1) is 13.7 Å². The third-order valence-electron chi connectivity index (χ3n) is 5.20. The van der Waals surface area contributed by atoms with E-state index in [1.807, 2.05) is 6.92 Å². The van der Waals surface area contributed by atoms with Crippen LogP contribution in [0.5, 0.6) is 11.5 Å². The van der Waals surface area contributed by atoms with Gasteiger partial charge in [0, 0.05) is 28.2 Å². The Bertz CT molecular complexity index is 1280. The summed E-state index contributed by atoms with van der Waals surface area (Å²) < 4.78 is 36.6. The first-order chi connectivity index (χ1) is 17.9. The second-order valence-corrected chi connectivity index (χ2v) is 9.74. The van der Waals surface area contributed by atoms with Crippen molar-refractivity contribution in [3.8, 4) is 23.0 Å². The average Bonchev–Trinajstić information content (AvgIpc) is 3.28. The maximum absolute atomic E-state index is 14.2. The normalized spacial score (nSPS) is 12.0. The van der Waals surface area contributed by atoms with Crippen molar-refractivity contribution in [2.24, 2.45) is 0 Å². The highest BCUT2D eigenvalue weighted by Gasteiger charge is 2.29. The molecule has 9 nitrogen and oxygen atoms in total. The van der Waals surface area contributed by atoms with Gasteiger partial charge in [-0.25, -0.2) is 14.2 Å². The van der Waals surface area contributed by atoms with Crippen LogP contribution < -0.4 is 20.1 Å². The van der Waals surface area contributed by atoms with Crippen LogP contribution in [0.15, 0.2) is 40.8 Å². The lowest BCUT2D eigenvalue weighted by Crippen LogP contribution is -2.41. The number of aromatic nitrogens is 1. The molecule has 38 heavy (non-hydrogen) atoms. The molecule has 0 aliphatic heterocycles. The Kier molecular flexibility index (Phi) is 9.22. The SMILES string of the molecule is CCOc1cc(-c2nc(C(=O)NCc3c(F)cccc3Cl)c([C@H](C)OC(=O)NC(C)(C)C)o2)ccc1OC. The number of carbonyl (C=O) groups excluding carboxylic acids is 2. The van der Waals surface area contributed by atoms with Gasteiger partial charge in [-0.1, -0.05) is 17.7 Å². The van der Waals surface area contributed by atoms with Crippen molar-refractivity contribution in [3.63, 3.8) is 0 Å². The molecule has 0 saturated heterocycles. The molecule has 204 valence electrons. The summed E-state index contributed by atoms with van der Waals surface area (Å²) in [5, 5.41) is 5.47. The number of rotatable bonds is 9. The van der Waals surface area contributed by atoms with E-state index in [0.717, 1.165) is 0 Å². The van der Waals surface area contributed by atoms with Crippen LogP contribution in [0.4, 0.5) is 9.18 Å². The number of alkyl carbamates (subject to hydrolysis) is 1. The first-order valence-corrected chi connectivity index (χ1v) is 12.3. The molecule has 3 rings (SSSR count). The van der Waals surface area contributed by atoms with Crippen molar-refractivity contribution in [3.05, 3.63) is 64.3 Å². The van der Waals surface area contributed by atoms with Crippen molar-refractivity contribution in [1.29, 1.82) is 0 Å². The van der Waals surface area contributed by atoms with E-state index >= 15 is 0 Å². The molecule has 0 aliphatic carbocycles. The smallest absolute Gasteiger partial charge is 0.408 e. The highest BCUT2D eigenvalue weighted by atomic mass is 35.5. The Balaban J connectivity index is 1.96. The van der Waals surface area contributed by atoms with Crippen molar-refractivity contribution in [2.45, 2.75) is 52.8 Å². The van der Waals surface area contributed by atoms with Crippen LogP contribution in [-0.2, 0) is 11.3 Å². The standard InChI is InChI=1S/C27H31ClFN3O6/c1-7-36-21-13-16(11-12-20(21)35-6)25-31-22(23(38-25)15(2)37-26(34)32-27(3,4)5)24(33)30-14-17-18(28)9-8-10-19(17)29/h8-13,15H,7,14H2,1-6H3,(H,30,33)(H,32,34)/t15-/m0/s1. The highest BCUT2D eigenvalue weighted by molar-refractivity contribution is 6.31. The van der Waals surface area contributed by atoms with E-state index in [9.17, 15) is 14.0 Å². The van der Waals surface area contributed by atoms with Gasteiger partial charge in [0.15, 0.2) is 29.1 Å². The third kappa shape index (κ3) is 7.16. The maximum Gasteiger partial charge on any atom is 0.408 e. The Hall–Kier alpha value is -3.79. The van der Waals surface area contributed by atoms with Crippen LogP contribution in [0.25, 0.3) is 11.5 Å². The summed E-state index contributed by atoms with van der Waals surface area (Å²) in [5.41, 5.74) is -0.0463. The molecule has 1 heterocycles. The lowest BCUT2D eigenvalue weighted by Gasteiger charge is -2.21. The maximum atomic E-state index is 14.2. The fourth-order valence-electron chi connectivity index (χ4n) is 3.47. The molecule has 2 amide bonds. The van der Waals surface area contributed by atoms with Gasteiger partial charge >= 0.3 is 6.09 Å². The van der Waals surface area contributed by atoms with Gasteiger partial charge < -0.3 is 29.3 Å². The number of nitrogens with zero attached hydrogens (tertiary/aromatic N) is 1. The van der Waals surface area contributed by atoms with Crippen LogP contribution in [0.3, 0.4) is 0 Å². The van der Waals surface area contributed by atoms with Crippen molar-refractivity contribution in [2.75, 3.05) is 13.7 Å². The van der Waals surface area contributed by atoms with Crippen LogP contribution in [0, 0.1) is 5.82 Å². The molecule has 1 atom stereocenters. The van der Waals surface area contributed by atoms with Gasteiger partial charge in [-0.2, -0.15) is 0 Å². The molecule has 0 unspecified atom stereocenters. The predicted molar refractivity (Wildman–Crippen MR) is 140 cm³/mol. The second-order valence-electron chi connectivity index (χ2n) is 9.34. The lowest BCUT2D eigenvalue weighted by atomic mass is 10.1. The number of nitrogens with one attached hydrogen (secondary N) is 2. The van der Waals surface area contributed by atoms with E-state index in [1.165, 1.54) is 25.3 Å². The fraction of sp³-hybridized carbons (Fsp3) is 0.370. The van der Waals surface area contributed by atoms with Crippen molar-refractivity contribution >= 4 is 23.6 Å². The summed E-state index contributed by atoms with van der Waals surface area (Å²) in [5.74, 6) is -0.158. The molecule has 1 aromatic heterocycles. The second kappa shape index (κ2) is 12.2. The molecule has 3 aromatic rings. The number of halogens is 2. The van der Waals surface area contributed by atoms with Gasteiger partial charge in [0.1, 0.15) is 5.82 Å². The molecule has 2 aromatic carbocycles. The van der Waals surface area contributed by atoms with Crippen LogP contribution >= 0.6 is 11.6 Å². The zero-order valence-corrected chi connectivity index (χ0v) is 22.9. The topological polar surface area (TPSA) is 112 Å². The summed E-state index contributed by atoms with van der Waals surface area (Å²) in [6, 6.07) is 9.27. The largest absolute Gasteiger partial charge is 0.493 e. The summed E-state index contributed by atoms with van der Waals surface area (Å²) in [7, 11) is 1.52. The first kappa shape index (κ1) is 28.8. The summed E-state index contributed by atoms with van der Waals surface area (Å²) in [4.78, 5) is 30.0. The van der Waals surface area contributed by atoms with Crippen LogP contribution in [0.1, 0.15) is 62.5 Å². The Morgan fingerprint density at radius 3 is 2.55 bits per heavy atom. The van der Waals surface area contributed by atoms with Gasteiger partial charge in [-0.3, -0.25) is 4.79 Å². The molecule has 0 spiro atoms. The van der Waals surface area contributed by atoms with E-state index in [0.29, 0.717) is 23.7 Å². The van der Waals surface area contributed by atoms with E-state index in [1.54, 1.807) is 45.9 Å². The Labute approximate surface area is 225 Å². The molecule has 0 saturated carbocycles. The Morgan fingerprint density at radius 2 is 1.92 bits per heavy atom. The molecule has 11 heteroatoms. The lowest BCUT2D eigenvalue weighted by molar-refractivity contribution is 0.0841. The van der Waals surface area contributed by atoms with Crippen molar-refractivity contribution < 1.29 is 32.6 Å². The molecule has 0 radical (unpaired) electrons. The summed E-state index contributed by atoms with van der Waals surface area (Å²) in [6.45, 7) is 9.00. The monoisotopic (exact) mass is 547 g/mol. The number of hydrogen-bond acceptors (Lipinski definition) is 7. The zero-order valence-electron chi connectivity index (χ0n) is 22.1. The molecular formula is C27H31ClFN3O6. The van der Waals surface area contributed by atoms with Gasteiger partial charge in [0.2, 0.25) is 5.89 Å². The Morgan fingerprint density at radius 1 is 1.18 bits per heavy atom. The quantitative estimate of drug-likeness (QED) is 0.335. The fourth-order valence-corrected chi connectivity index (χ4v) is 3.70. The van der Waals surface area contributed by atoms with Crippen molar-refractivity contribution in [1.82, 2.24) is 15.6 Å². The van der Waals surface area contributed by atoms with Crippen LogP contribution in [0.2, 0.25) is 5.02 Å². The summed E-state index contributed by atoms with van der Waals surface area (Å²) >= 11 is 6.09. The minimum Gasteiger partial charge on any atom is -0.493 e. The van der Waals surface area contributed by atoms with E-state index in [4.69, 9.17) is 30.2 Å². The number of oxazole rings is 1. The number of benzene rings is 2. The highest BCUT2D eigenvalue weighted by Crippen LogP contribution is 2.34. The summed E-state index contributed by atoms with van der Waals surface area (Å²) in [6.07, 6.45) is -1.68. The predicted octanol–water partition coefficient (Wildman–Crippen LogP) is 6.06. The van der Waals surface area contributed by atoms with Gasteiger partial charge in [0.25, 0.3) is 5.91 Å². The molecule has 2 N–H and O–H groups in total. The number of methoxy groups -OCH3 is 1. The van der Waals surface area contributed by atoms with E-state index < -0.39 is 29.5 Å². The van der Waals surface area contributed by atoms with Gasteiger partial charge in [-0.15, -0.1) is 0 Å². The average molecular weight is 548 g/mol. The molecule has 0 aliphatic rings. The molecule has 0 bridgehead atoms. The van der Waals surface area contributed by atoms with E-state index in [2.05, 4.69) is 15.6 Å². The molecule has 0 fully saturated rings. The van der Waals surface area contributed by atoms with E-state index in [-0.39, 0.29) is 34.5 Å². The minimum absolute atomic E-state index is 0.00923.